The minimum absolute atomic E-state index is 0.122. The van der Waals surface area contributed by atoms with E-state index in [0.29, 0.717) is 52.6 Å². The fourth-order valence-corrected chi connectivity index (χ4v) is 4.99. The number of carbonyl (C=O) groups excluding carboxylic acids is 2. The summed E-state index contributed by atoms with van der Waals surface area (Å²) >= 11 is 6.00. The van der Waals surface area contributed by atoms with Crippen LogP contribution in [0.1, 0.15) is 41.3 Å². The van der Waals surface area contributed by atoms with Gasteiger partial charge in [0.2, 0.25) is 5.91 Å². The Kier molecular flexibility index (Phi) is 10.1. The molecule has 1 heterocycles. The fraction of sp³-hybridized carbons (Fsp3) is 0.167. The number of hydrazone groups is 1. The summed E-state index contributed by atoms with van der Waals surface area (Å²) in [7, 11) is 1.61. The number of anilines is 1. The molecule has 1 aromatic heterocycles. The Morgan fingerprint density at radius 2 is 1.73 bits per heavy atom. The van der Waals surface area contributed by atoms with E-state index in [1.807, 2.05) is 91.9 Å². The standard InChI is InChI=1S/C36H33ClN4O4/c1-23-20-27(37)15-18-34(23)45-19-7-12-35(42)38-28-9-6-8-26(21-28)24(2)40-41-36(43)31-22-33(25-13-16-29(44-3)17-14-25)39-32-11-5-4-10-30(31)32/h4-6,8-11,13-18,20-22H,7,12,19H2,1-3H3,(H,38,42)(H,41,43)/b40-24-. The third-order valence-corrected chi connectivity index (χ3v) is 7.41. The Balaban J connectivity index is 1.22. The molecular weight excluding hydrogens is 588 g/mol. The first-order valence-electron chi connectivity index (χ1n) is 14.5. The average Bonchev–Trinajstić information content (AvgIpc) is 3.05. The van der Waals surface area contributed by atoms with Crippen molar-refractivity contribution in [1.29, 1.82) is 0 Å². The second-order valence-electron chi connectivity index (χ2n) is 10.4. The summed E-state index contributed by atoms with van der Waals surface area (Å²) in [5, 5.41) is 8.67. The fourth-order valence-electron chi connectivity index (χ4n) is 4.77. The van der Waals surface area contributed by atoms with Gasteiger partial charge in [-0.25, -0.2) is 10.4 Å². The van der Waals surface area contributed by atoms with E-state index >= 15 is 0 Å². The lowest BCUT2D eigenvalue weighted by Crippen LogP contribution is -2.20. The number of para-hydroxylation sites is 1. The highest BCUT2D eigenvalue weighted by atomic mass is 35.5. The van der Waals surface area contributed by atoms with Crippen molar-refractivity contribution in [2.24, 2.45) is 5.10 Å². The molecule has 8 nitrogen and oxygen atoms in total. The number of carbonyl (C=O) groups is 2. The second kappa shape index (κ2) is 14.5. The Labute approximate surface area is 267 Å². The average molecular weight is 621 g/mol. The van der Waals surface area contributed by atoms with Crippen LogP contribution in [0.2, 0.25) is 5.02 Å². The van der Waals surface area contributed by atoms with Crippen molar-refractivity contribution in [2.75, 3.05) is 19.0 Å². The van der Waals surface area contributed by atoms with Crippen LogP contribution in [-0.2, 0) is 4.79 Å². The summed E-state index contributed by atoms with van der Waals surface area (Å²) in [6, 6.07) is 29.6. The van der Waals surface area contributed by atoms with Crippen LogP contribution < -0.4 is 20.2 Å². The molecule has 0 saturated carbocycles. The summed E-state index contributed by atoms with van der Waals surface area (Å²) in [4.78, 5) is 30.7. The molecule has 0 aliphatic rings. The highest BCUT2D eigenvalue weighted by molar-refractivity contribution is 6.30. The number of hydrogen-bond acceptors (Lipinski definition) is 6. The molecular formula is C36H33ClN4O4. The van der Waals surface area contributed by atoms with Gasteiger partial charge in [0, 0.05) is 28.1 Å². The summed E-state index contributed by atoms with van der Waals surface area (Å²) in [6.45, 7) is 4.14. The largest absolute Gasteiger partial charge is 0.497 e. The lowest BCUT2D eigenvalue weighted by Gasteiger charge is -2.11. The van der Waals surface area contributed by atoms with E-state index in [2.05, 4.69) is 15.8 Å². The monoisotopic (exact) mass is 620 g/mol. The van der Waals surface area contributed by atoms with Gasteiger partial charge in [-0.1, -0.05) is 41.9 Å². The van der Waals surface area contributed by atoms with Gasteiger partial charge in [-0.3, -0.25) is 9.59 Å². The molecule has 0 atom stereocenters. The molecule has 9 heteroatoms. The second-order valence-corrected chi connectivity index (χ2v) is 10.9. The van der Waals surface area contributed by atoms with Crippen LogP contribution in [0.25, 0.3) is 22.2 Å². The molecule has 0 aliphatic heterocycles. The first-order valence-corrected chi connectivity index (χ1v) is 14.9. The van der Waals surface area contributed by atoms with Crippen molar-refractivity contribution < 1.29 is 19.1 Å². The number of fused-ring (bicyclic) bond motifs is 1. The third kappa shape index (κ3) is 8.04. The Hall–Kier alpha value is -5.21. The van der Waals surface area contributed by atoms with Crippen LogP contribution in [-0.4, -0.2) is 36.2 Å². The zero-order valence-electron chi connectivity index (χ0n) is 25.3. The first-order chi connectivity index (χ1) is 21.8. The zero-order chi connectivity index (χ0) is 31.8. The highest BCUT2D eigenvalue weighted by Crippen LogP contribution is 2.27. The number of ether oxygens (including phenoxy) is 2. The molecule has 2 N–H and O–H groups in total. The van der Waals surface area contributed by atoms with Gasteiger partial charge < -0.3 is 14.8 Å². The molecule has 5 rings (SSSR count). The molecule has 0 radical (unpaired) electrons. The smallest absolute Gasteiger partial charge is 0.272 e. The maximum atomic E-state index is 13.4. The van der Waals surface area contributed by atoms with Gasteiger partial charge in [-0.05, 0) is 98.1 Å². The molecule has 45 heavy (non-hydrogen) atoms. The van der Waals surface area contributed by atoms with Crippen LogP contribution in [0, 0.1) is 6.92 Å². The van der Waals surface area contributed by atoms with Gasteiger partial charge in [0.1, 0.15) is 11.5 Å². The Morgan fingerprint density at radius 3 is 2.51 bits per heavy atom. The highest BCUT2D eigenvalue weighted by Gasteiger charge is 2.14. The lowest BCUT2D eigenvalue weighted by molar-refractivity contribution is -0.116. The van der Waals surface area contributed by atoms with Crippen LogP contribution in [0.5, 0.6) is 11.5 Å². The minimum atomic E-state index is -0.358. The van der Waals surface area contributed by atoms with Crippen LogP contribution in [0.3, 0.4) is 0 Å². The molecule has 0 spiro atoms. The van der Waals surface area contributed by atoms with Crippen molar-refractivity contribution in [2.45, 2.75) is 26.7 Å². The predicted octanol–water partition coefficient (Wildman–Crippen LogP) is 7.82. The number of aryl methyl sites for hydroxylation is 1. The molecule has 0 fully saturated rings. The van der Waals surface area contributed by atoms with Gasteiger partial charge in [-0.15, -0.1) is 0 Å². The topological polar surface area (TPSA) is 102 Å². The number of pyridine rings is 1. The Morgan fingerprint density at radius 1 is 0.933 bits per heavy atom. The maximum Gasteiger partial charge on any atom is 0.272 e. The number of nitrogens with zero attached hydrogens (tertiary/aromatic N) is 2. The van der Waals surface area contributed by atoms with Crippen LogP contribution in [0.15, 0.2) is 102 Å². The van der Waals surface area contributed by atoms with Crippen LogP contribution in [0.4, 0.5) is 5.69 Å². The number of nitrogens with one attached hydrogen (secondary N) is 2. The maximum absolute atomic E-state index is 13.4. The molecule has 0 saturated heterocycles. The minimum Gasteiger partial charge on any atom is -0.497 e. The molecule has 0 aliphatic carbocycles. The summed E-state index contributed by atoms with van der Waals surface area (Å²) < 4.78 is 11.1. The van der Waals surface area contributed by atoms with Crippen molar-refractivity contribution in [3.63, 3.8) is 0 Å². The van der Waals surface area contributed by atoms with E-state index < -0.39 is 0 Å². The van der Waals surface area contributed by atoms with E-state index in [1.165, 1.54) is 0 Å². The number of amides is 2. The van der Waals surface area contributed by atoms with Gasteiger partial charge >= 0.3 is 0 Å². The molecule has 0 bridgehead atoms. The summed E-state index contributed by atoms with van der Waals surface area (Å²) in [5.41, 5.74) is 8.30. The number of hydrogen-bond donors (Lipinski definition) is 2. The first kappa shape index (κ1) is 31.2. The number of aromatic nitrogens is 1. The van der Waals surface area contributed by atoms with Gasteiger partial charge in [0.15, 0.2) is 0 Å². The quantitative estimate of drug-likeness (QED) is 0.0890. The van der Waals surface area contributed by atoms with E-state index in [1.54, 1.807) is 26.2 Å². The normalized spacial score (nSPS) is 11.2. The molecule has 2 amide bonds. The predicted molar refractivity (Wildman–Crippen MR) is 179 cm³/mol. The SMILES string of the molecule is COc1ccc(-c2cc(C(=O)N/N=C(/C)c3cccc(NC(=O)CCCOc4ccc(Cl)cc4C)c3)c3ccccc3n2)cc1. The summed E-state index contributed by atoms with van der Waals surface area (Å²) in [5.74, 6) is 1.01. The number of methoxy groups -OCH3 is 1. The van der Waals surface area contributed by atoms with Gasteiger partial charge in [0.25, 0.3) is 5.91 Å². The van der Waals surface area contributed by atoms with E-state index in [9.17, 15) is 9.59 Å². The summed E-state index contributed by atoms with van der Waals surface area (Å²) in [6.07, 6.45) is 0.863. The van der Waals surface area contributed by atoms with Crippen molar-refractivity contribution in [3.05, 3.63) is 119 Å². The van der Waals surface area contributed by atoms with Crippen molar-refractivity contribution in [1.82, 2.24) is 10.4 Å². The Bertz CT molecular complexity index is 1870. The lowest BCUT2D eigenvalue weighted by atomic mass is 10.0. The number of halogens is 1. The zero-order valence-corrected chi connectivity index (χ0v) is 26.0. The van der Waals surface area contributed by atoms with E-state index in [-0.39, 0.29) is 11.8 Å². The van der Waals surface area contributed by atoms with E-state index in [4.69, 9.17) is 26.1 Å². The van der Waals surface area contributed by atoms with Crippen molar-refractivity contribution in [3.8, 4) is 22.8 Å². The molecule has 4 aromatic carbocycles. The number of rotatable bonds is 11. The molecule has 228 valence electrons. The van der Waals surface area contributed by atoms with E-state index in [0.717, 1.165) is 33.6 Å². The van der Waals surface area contributed by atoms with Gasteiger partial charge in [0.05, 0.1) is 36.2 Å². The molecule has 0 unspecified atom stereocenters. The third-order valence-electron chi connectivity index (χ3n) is 7.18. The molecule has 5 aromatic rings. The van der Waals surface area contributed by atoms with Gasteiger partial charge in [-0.2, -0.15) is 5.10 Å². The van der Waals surface area contributed by atoms with Crippen LogP contribution >= 0.6 is 11.6 Å². The number of benzene rings is 4. The van der Waals surface area contributed by atoms with Crippen molar-refractivity contribution >= 4 is 45.7 Å².